The topological polar surface area (TPSA) is 138 Å². The van der Waals surface area contributed by atoms with E-state index < -0.39 is 9.85 Å². The van der Waals surface area contributed by atoms with Gasteiger partial charge in [0.05, 0.1) is 32.3 Å². The van der Waals surface area contributed by atoms with Gasteiger partial charge in [0.1, 0.15) is 0 Å². The first-order valence-electron chi connectivity index (χ1n) is 10.0. The van der Waals surface area contributed by atoms with Crippen LogP contribution < -0.4 is 11.5 Å². The number of hydrogen-bond donors (Lipinski definition) is 2. The molecule has 0 unspecified atom stereocenters. The number of nitro groups is 2. The maximum atomic E-state index is 11.6. The smallest absolute Gasteiger partial charge is 0.278 e. The van der Waals surface area contributed by atoms with Crippen molar-refractivity contribution in [2.45, 2.75) is 9.79 Å². The lowest BCUT2D eigenvalue weighted by Crippen LogP contribution is -1.98. The van der Waals surface area contributed by atoms with E-state index in [0.29, 0.717) is 43.4 Å². The Balaban J connectivity index is 1.78. The van der Waals surface area contributed by atoms with Gasteiger partial charge in [-0.15, -0.1) is 0 Å². The zero-order valence-electron chi connectivity index (χ0n) is 17.8. The molecule has 4 rings (SSSR count). The van der Waals surface area contributed by atoms with Crippen LogP contribution in [-0.2, 0) is 0 Å². The van der Waals surface area contributed by atoms with E-state index in [1.54, 1.807) is 60.7 Å². The van der Waals surface area contributed by atoms with E-state index >= 15 is 0 Å². The predicted octanol–water partition coefficient (Wildman–Crippen LogP) is 7.46. The molecule has 176 valence electrons. The number of nitrogens with two attached hydrogens (primary N) is 2. The van der Waals surface area contributed by atoms with Crippen molar-refractivity contribution in [3.05, 3.63) is 103 Å². The normalized spacial score (nSPS) is 10.8. The predicted molar refractivity (Wildman–Crippen MR) is 140 cm³/mol. The van der Waals surface area contributed by atoms with E-state index in [0.717, 1.165) is 0 Å². The van der Waals surface area contributed by atoms with Gasteiger partial charge in [0, 0.05) is 43.1 Å². The zero-order valence-corrected chi connectivity index (χ0v) is 20.1. The minimum atomic E-state index is -0.513. The summed E-state index contributed by atoms with van der Waals surface area (Å²) in [6.07, 6.45) is 0. The average molecular weight is 527 g/mol. The summed E-state index contributed by atoms with van der Waals surface area (Å²) in [5.74, 6) is 0. The number of hydrogen-bond acceptors (Lipinski definition) is 7. The van der Waals surface area contributed by atoms with Crippen molar-refractivity contribution in [2.75, 3.05) is 11.5 Å². The largest absolute Gasteiger partial charge is 0.397 e. The first kappa shape index (κ1) is 24.3. The number of nitrogens with zero attached hydrogens (tertiary/aromatic N) is 2. The highest BCUT2D eigenvalue weighted by Gasteiger charge is 2.21. The minimum absolute atomic E-state index is 0.164. The van der Waals surface area contributed by atoms with E-state index in [1.165, 1.54) is 23.9 Å². The van der Waals surface area contributed by atoms with Crippen molar-refractivity contribution in [1.29, 1.82) is 0 Å². The molecule has 0 bridgehead atoms. The number of anilines is 2. The Morgan fingerprint density at radius 1 is 0.629 bits per heavy atom. The molecular formula is C24H16Cl2N4O4S. The standard InChI is InChI=1S/C24H16Cl2N4O4S/c25-13-7-9-15(19(11-13)29(31)32)17-3-1-5-21(23(17)27)35-22-6-2-4-18(24(22)28)16-10-8-14(26)12-20(16)30(33)34/h1-12H,27-28H2. The van der Waals surface area contributed by atoms with Gasteiger partial charge in [0.15, 0.2) is 0 Å². The third-order valence-corrected chi connectivity index (χ3v) is 6.87. The fraction of sp³-hybridized carbons (Fsp3) is 0. The summed E-state index contributed by atoms with van der Waals surface area (Å²) in [4.78, 5) is 23.4. The van der Waals surface area contributed by atoms with Gasteiger partial charge < -0.3 is 11.5 Å². The van der Waals surface area contributed by atoms with E-state index in [9.17, 15) is 20.2 Å². The van der Waals surface area contributed by atoms with Gasteiger partial charge in [-0.2, -0.15) is 0 Å². The lowest BCUT2D eigenvalue weighted by atomic mass is 10.0. The van der Waals surface area contributed by atoms with Gasteiger partial charge in [0.25, 0.3) is 11.4 Å². The quantitative estimate of drug-likeness (QED) is 0.151. The van der Waals surface area contributed by atoms with Crippen LogP contribution in [0.3, 0.4) is 0 Å². The summed E-state index contributed by atoms with van der Waals surface area (Å²) < 4.78 is 0. The first-order chi connectivity index (χ1) is 16.7. The number of rotatable bonds is 6. The molecule has 0 aliphatic carbocycles. The summed E-state index contributed by atoms with van der Waals surface area (Å²) in [5, 5.41) is 23.6. The molecule has 0 aliphatic heterocycles. The summed E-state index contributed by atoms with van der Waals surface area (Å²) in [6, 6.07) is 19.1. The van der Waals surface area contributed by atoms with E-state index in [2.05, 4.69) is 0 Å². The number of nitro benzene ring substituents is 2. The summed E-state index contributed by atoms with van der Waals surface area (Å²) in [6.45, 7) is 0. The van der Waals surface area contributed by atoms with E-state index in [1.807, 2.05) is 0 Å². The van der Waals surface area contributed by atoms with Crippen molar-refractivity contribution in [1.82, 2.24) is 0 Å². The second kappa shape index (κ2) is 9.83. The van der Waals surface area contributed by atoms with Crippen LogP contribution in [-0.4, -0.2) is 9.85 Å². The van der Waals surface area contributed by atoms with Gasteiger partial charge in [-0.1, -0.05) is 59.2 Å². The van der Waals surface area contributed by atoms with Gasteiger partial charge in [-0.05, 0) is 36.4 Å². The Kier molecular flexibility index (Phi) is 6.83. The van der Waals surface area contributed by atoms with Crippen molar-refractivity contribution in [2.24, 2.45) is 0 Å². The minimum Gasteiger partial charge on any atom is -0.397 e. The number of halogens is 2. The molecule has 4 aromatic rings. The molecule has 4 N–H and O–H groups in total. The third kappa shape index (κ3) is 4.88. The van der Waals surface area contributed by atoms with E-state index in [-0.39, 0.29) is 21.4 Å². The van der Waals surface area contributed by atoms with Crippen LogP contribution in [0, 0.1) is 20.2 Å². The van der Waals surface area contributed by atoms with Gasteiger partial charge in [-0.3, -0.25) is 20.2 Å². The van der Waals surface area contributed by atoms with Crippen molar-refractivity contribution < 1.29 is 9.85 Å². The van der Waals surface area contributed by atoms with Crippen molar-refractivity contribution in [3.8, 4) is 22.3 Å². The fourth-order valence-corrected chi connectivity index (χ4v) is 4.92. The molecule has 0 saturated carbocycles. The molecule has 0 spiro atoms. The number of benzene rings is 4. The Hall–Kier alpha value is -3.79. The molecule has 0 saturated heterocycles. The average Bonchev–Trinajstić information content (AvgIpc) is 2.82. The maximum Gasteiger partial charge on any atom is 0.278 e. The number of para-hydroxylation sites is 2. The molecule has 0 aliphatic rings. The van der Waals surface area contributed by atoms with E-state index in [4.69, 9.17) is 34.7 Å². The molecular weight excluding hydrogens is 511 g/mol. The summed E-state index contributed by atoms with van der Waals surface area (Å²) in [7, 11) is 0. The first-order valence-corrected chi connectivity index (χ1v) is 11.6. The molecule has 35 heavy (non-hydrogen) atoms. The lowest BCUT2D eigenvalue weighted by Gasteiger charge is -2.14. The molecule has 0 heterocycles. The zero-order chi connectivity index (χ0) is 25.3. The second-order valence-electron chi connectivity index (χ2n) is 7.37. The molecule has 0 aromatic heterocycles. The fourth-order valence-electron chi connectivity index (χ4n) is 3.62. The van der Waals surface area contributed by atoms with Gasteiger partial charge >= 0.3 is 0 Å². The van der Waals surface area contributed by atoms with Crippen molar-refractivity contribution >= 4 is 57.7 Å². The molecule has 0 fully saturated rings. The SMILES string of the molecule is Nc1c(Sc2cccc(-c3ccc(Cl)cc3[N+](=O)[O-])c2N)cccc1-c1ccc(Cl)cc1[N+](=O)[O-]. The van der Waals surface area contributed by atoms with Gasteiger partial charge in [0.2, 0.25) is 0 Å². The highest BCUT2D eigenvalue weighted by molar-refractivity contribution is 7.99. The third-order valence-electron chi connectivity index (χ3n) is 5.25. The molecule has 0 amide bonds. The number of nitrogen functional groups attached to an aromatic ring is 2. The highest BCUT2D eigenvalue weighted by atomic mass is 35.5. The molecule has 4 aromatic carbocycles. The monoisotopic (exact) mass is 526 g/mol. The van der Waals surface area contributed by atoms with Crippen molar-refractivity contribution in [3.63, 3.8) is 0 Å². The van der Waals surface area contributed by atoms with Crippen LogP contribution in [0.15, 0.2) is 82.6 Å². The summed E-state index contributed by atoms with van der Waals surface area (Å²) >= 11 is 13.1. The Labute approximate surface area is 213 Å². The molecule has 0 radical (unpaired) electrons. The van der Waals surface area contributed by atoms with Crippen LogP contribution in [0.4, 0.5) is 22.7 Å². The maximum absolute atomic E-state index is 11.6. The second-order valence-corrected chi connectivity index (χ2v) is 9.33. The lowest BCUT2D eigenvalue weighted by molar-refractivity contribution is -0.384. The Morgan fingerprint density at radius 2 is 1.03 bits per heavy atom. The Morgan fingerprint density at radius 3 is 1.40 bits per heavy atom. The Bertz CT molecular complexity index is 1390. The van der Waals surface area contributed by atoms with Crippen LogP contribution in [0.2, 0.25) is 10.0 Å². The molecule has 8 nitrogen and oxygen atoms in total. The molecule has 0 atom stereocenters. The summed E-state index contributed by atoms with van der Waals surface area (Å²) in [5.41, 5.74) is 14.8. The molecule has 11 heteroatoms. The van der Waals surface area contributed by atoms with Crippen LogP contribution in [0.1, 0.15) is 0 Å². The van der Waals surface area contributed by atoms with Crippen LogP contribution >= 0.6 is 35.0 Å². The van der Waals surface area contributed by atoms with Crippen LogP contribution in [0.25, 0.3) is 22.3 Å². The van der Waals surface area contributed by atoms with Crippen LogP contribution in [0.5, 0.6) is 0 Å². The van der Waals surface area contributed by atoms with Gasteiger partial charge in [-0.25, -0.2) is 0 Å². The highest BCUT2D eigenvalue weighted by Crippen LogP contribution is 2.45.